The molecule has 5 nitrogen and oxygen atoms in total. The number of hydrogen-bond acceptors (Lipinski definition) is 4. The van der Waals surface area contributed by atoms with Gasteiger partial charge in [-0.15, -0.1) is 0 Å². The van der Waals surface area contributed by atoms with Crippen molar-refractivity contribution in [2.24, 2.45) is 0 Å². The molecule has 0 radical (unpaired) electrons. The molecule has 0 bridgehead atoms. The van der Waals surface area contributed by atoms with Gasteiger partial charge < -0.3 is 0 Å². The van der Waals surface area contributed by atoms with E-state index in [2.05, 4.69) is 4.72 Å². The zero-order valence-electron chi connectivity index (χ0n) is 14.7. The first kappa shape index (κ1) is 20.2. The SMILES string of the molecule is O=S(=O)(NCCc1ccc(F)cc1)c1cccc(S(=O)(=O)c2ccccc2)c1. The number of sulfone groups is 1. The Morgan fingerprint density at radius 3 is 2.00 bits per heavy atom. The van der Waals surface area contributed by atoms with Crippen LogP contribution in [0.2, 0.25) is 0 Å². The average molecular weight is 419 g/mol. The van der Waals surface area contributed by atoms with Gasteiger partial charge in [0.1, 0.15) is 5.82 Å². The summed E-state index contributed by atoms with van der Waals surface area (Å²) in [5.74, 6) is -0.360. The fourth-order valence-corrected chi connectivity index (χ4v) is 5.09. The minimum absolute atomic E-state index is 0.0915. The predicted octanol–water partition coefficient (Wildman–Crippen LogP) is 3.18. The number of hydrogen-bond donors (Lipinski definition) is 1. The first-order valence-electron chi connectivity index (χ1n) is 8.43. The lowest BCUT2D eigenvalue weighted by Crippen LogP contribution is -2.26. The molecule has 0 amide bonds. The van der Waals surface area contributed by atoms with Crippen LogP contribution in [-0.4, -0.2) is 23.4 Å². The molecule has 0 spiro atoms. The lowest BCUT2D eigenvalue weighted by atomic mass is 10.1. The van der Waals surface area contributed by atoms with Gasteiger partial charge >= 0.3 is 0 Å². The number of halogens is 1. The molecule has 146 valence electrons. The molecule has 1 N–H and O–H groups in total. The summed E-state index contributed by atoms with van der Waals surface area (Å²) < 4.78 is 65.8. The highest BCUT2D eigenvalue weighted by Gasteiger charge is 2.21. The maximum atomic E-state index is 12.9. The molecule has 0 aromatic heterocycles. The molecule has 28 heavy (non-hydrogen) atoms. The van der Waals surface area contributed by atoms with Gasteiger partial charge in [0.25, 0.3) is 0 Å². The molecule has 0 heterocycles. The van der Waals surface area contributed by atoms with Gasteiger partial charge in [-0.1, -0.05) is 36.4 Å². The Morgan fingerprint density at radius 1 is 0.714 bits per heavy atom. The molecule has 0 aliphatic rings. The summed E-state index contributed by atoms with van der Waals surface area (Å²) in [6.07, 6.45) is 0.377. The smallest absolute Gasteiger partial charge is 0.219 e. The molecule has 8 heteroatoms. The van der Waals surface area contributed by atoms with E-state index in [0.717, 1.165) is 11.6 Å². The topological polar surface area (TPSA) is 80.3 Å². The van der Waals surface area contributed by atoms with Gasteiger partial charge in [-0.25, -0.2) is 25.9 Å². The van der Waals surface area contributed by atoms with Crippen LogP contribution >= 0.6 is 0 Å². The second kappa shape index (κ2) is 8.22. The van der Waals surface area contributed by atoms with Gasteiger partial charge in [-0.05, 0) is 54.4 Å². The van der Waals surface area contributed by atoms with E-state index in [4.69, 9.17) is 0 Å². The van der Waals surface area contributed by atoms with Gasteiger partial charge in [-0.3, -0.25) is 0 Å². The molecule has 3 aromatic rings. The molecule has 0 saturated heterocycles. The van der Waals surface area contributed by atoms with E-state index in [1.54, 1.807) is 30.3 Å². The van der Waals surface area contributed by atoms with Crippen molar-refractivity contribution in [2.45, 2.75) is 21.1 Å². The second-order valence-electron chi connectivity index (χ2n) is 6.07. The lowest BCUT2D eigenvalue weighted by molar-refractivity contribution is 0.581. The van der Waals surface area contributed by atoms with Crippen molar-refractivity contribution in [3.05, 3.63) is 90.2 Å². The fraction of sp³-hybridized carbons (Fsp3) is 0.100. The number of nitrogens with one attached hydrogen (secondary N) is 1. The molecule has 3 rings (SSSR count). The zero-order chi connectivity index (χ0) is 20.2. The van der Waals surface area contributed by atoms with E-state index in [-0.39, 0.29) is 27.0 Å². The third-order valence-electron chi connectivity index (χ3n) is 4.10. The molecular weight excluding hydrogens is 401 g/mol. The van der Waals surface area contributed by atoms with Crippen LogP contribution in [0.25, 0.3) is 0 Å². The van der Waals surface area contributed by atoms with Crippen molar-refractivity contribution < 1.29 is 21.2 Å². The Morgan fingerprint density at radius 2 is 1.32 bits per heavy atom. The van der Waals surface area contributed by atoms with E-state index >= 15 is 0 Å². The fourth-order valence-electron chi connectivity index (χ4n) is 2.61. The summed E-state index contributed by atoms with van der Waals surface area (Å²) in [5, 5.41) is 0. The normalized spacial score (nSPS) is 12.0. The van der Waals surface area contributed by atoms with E-state index in [9.17, 15) is 21.2 Å². The standard InChI is InChI=1S/C20H18FNO4S2/c21-17-11-9-16(10-12-17)13-14-22-28(25,26)20-8-4-7-19(15-20)27(23,24)18-5-2-1-3-6-18/h1-12,15,22H,13-14H2. The third-order valence-corrected chi connectivity index (χ3v) is 7.32. The summed E-state index contributed by atoms with van der Waals surface area (Å²) in [7, 11) is -7.71. The summed E-state index contributed by atoms with van der Waals surface area (Å²) in [6.45, 7) is 0.101. The molecule has 0 fully saturated rings. The first-order chi connectivity index (χ1) is 13.3. The number of benzene rings is 3. The van der Waals surface area contributed by atoms with Crippen molar-refractivity contribution in [3.63, 3.8) is 0 Å². The molecule has 0 aliphatic heterocycles. The van der Waals surface area contributed by atoms with E-state index in [0.29, 0.717) is 6.42 Å². The summed E-state index contributed by atoms with van der Waals surface area (Å²) in [4.78, 5) is -0.141. The Labute approximate surface area is 163 Å². The van der Waals surface area contributed by atoms with Crippen LogP contribution < -0.4 is 4.72 Å². The highest BCUT2D eigenvalue weighted by atomic mass is 32.2. The largest absolute Gasteiger partial charge is 0.240 e. The summed E-state index contributed by atoms with van der Waals surface area (Å²) >= 11 is 0. The van der Waals surface area contributed by atoms with Crippen molar-refractivity contribution in [2.75, 3.05) is 6.54 Å². The molecule has 3 aromatic carbocycles. The third kappa shape index (κ3) is 4.64. The van der Waals surface area contributed by atoms with E-state index in [1.165, 1.54) is 42.5 Å². The van der Waals surface area contributed by atoms with Crippen molar-refractivity contribution in [1.82, 2.24) is 4.72 Å². The maximum Gasteiger partial charge on any atom is 0.240 e. The van der Waals surface area contributed by atoms with Crippen molar-refractivity contribution in [1.29, 1.82) is 0 Å². The van der Waals surface area contributed by atoms with Gasteiger partial charge in [-0.2, -0.15) is 0 Å². The molecule has 0 saturated carbocycles. The quantitative estimate of drug-likeness (QED) is 0.638. The Kier molecular flexibility index (Phi) is 5.93. The Balaban J connectivity index is 1.77. The highest BCUT2D eigenvalue weighted by Crippen LogP contribution is 2.23. The van der Waals surface area contributed by atoms with Crippen LogP contribution in [0.5, 0.6) is 0 Å². The van der Waals surface area contributed by atoms with Crippen LogP contribution in [0.15, 0.2) is 93.5 Å². The van der Waals surface area contributed by atoms with Crippen LogP contribution in [0.4, 0.5) is 4.39 Å². The van der Waals surface area contributed by atoms with Crippen molar-refractivity contribution in [3.8, 4) is 0 Å². The first-order valence-corrected chi connectivity index (χ1v) is 11.4. The van der Waals surface area contributed by atoms with E-state index < -0.39 is 19.9 Å². The number of rotatable bonds is 7. The zero-order valence-corrected chi connectivity index (χ0v) is 16.4. The monoisotopic (exact) mass is 419 g/mol. The lowest BCUT2D eigenvalue weighted by Gasteiger charge is -2.09. The molecular formula is C20H18FNO4S2. The summed E-state index contributed by atoms with van der Waals surface area (Å²) in [5.41, 5.74) is 0.782. The second-order valence-corrected chi connectivity index (χ2v) is 9.78. The number of sulfonamides is 1. The van der Waals surface area contributed by atoms with Gasteiger partial charge in [0.2, 0.25) is 19.9 Å². The van der Waals surface area contributed by atoms with Gasteiger partial charge in [0, 0.05) is 6.54 Å². The molecule has 0 atom stereocenters. The van der Waals surface area contributed by atoms with Crippen LogP contribution in [0.3, 0.4) is 0 Å². The Hall–Kier alpha value is -2.55. The molecule has 0 aliphatic carbocycles. The average Bonchev–Trinajstić information content (AvgIpc) is 2.70. The molecule has 0 unspecified atom stereocenters. The summed E-state index contributed by atoms with van der Waals surface area (Å²) in [6, 6.07) is 18.8. The maximum absolute atomic E-state index is 12.9. The van der Waals surface area contributed by atoms with E-state index in [1.807, 2.05) is 0 Å². The predicted molar refractivity (Wildman–Crippen MR) is 104 cm³/mol. The van der Waals surface area contributed by atoms with Crippen LogP contribution in [0, 0.1) is 5.82 Å². The van der Waals surface area contributed by atoms with Crippen LogP contribution in [0.1, 0.15) is 5.56 Å². The highest BCUT2D eigenvalue weighted by molar-refractivity contribution is 7.91. The van der Waals surface area contributed by atoms with Gasteiger partial charge in [0.15, 0.2) is 0 Å². The minimum Gasteiger partial charge on any atom is -0.219 e. The Bertz CT molecular complexity index is 1160. The minimum atomic E-state index is -3.89. The van der Waals surface area contributed by atoms with Crippen LogP contribution in [-0.2, 0) is 26.3 Å². The van der Waals surface area contributed by atoms with Crippen molar-refractivity contribution >= 4 is 19.9 Å². The van der Waals surface area contributed by atoms with Gasteiger partial charge in [0.05, 0.1) is 14.7 Å².